The van der Waals surface area contributed by atoms with Crippen molar-refractivity contribution in [1.82, 2.24) is 4.72 Å². The summed E-state index contributed by atoms with van der Waals surface area (Å²) in [6.45, 7) is 1.53. The lowest BCUT2D eigenvalue weighted by atomic mass is 9.94. The van der Waals surface area contributed by atoms with Gasteiger partial charge < -0.3 is 5.11 Å². The molecule has 0 spiro atoms. The summed E-state index contributed by atoms with van der Waals surface area (Å²) >= 11 is 0. The number of nitro benzene ring substituents is 1. The Balaban J connectivity index is 2.30. The number of sulfonamides is 1. The average molecular weight is 314 g/mol. The number of aryl methyl sites for hydroxylation is 1. The number of nitrogens with zero attached hydrogens (tertiary/aromatic N) is 1. The molecule has 116 valence electrons. The molecule has 0 aromatic heterocycles. The number of nitro groups is 1. The van der Waals surface area contributed by atoms with Gasteiger partial charge in [0.25, 0.3) is 5.69 Å². The zero-order chi connectivity index (χ0) is 15.6. The predicted molar refractivity (Wildman–Crippen MR) is 76.4 cm³/mol. The van der Waals surface area contributed by atoms with Gasteiger partial charge in [0.2, 0.25) is 10.0 Å². The Morgan fingerprint density at radius 1 is 1.29 bits per heavy atom. The number of benzene rings is 1. The molecule has 0 heterocycles. The molecule has 1 aromatic rings. The van der Waals surface area contributed by atoms with Gasteiger partial charge in [-0.1, -0.05) is 12.1 Å². The fourth-order valence-corrected chi connectivity index (χ4v) is 4.30. The topological polar surface area (TPSA) is 110 Å². The molecule has 8 heteroatoms. The van der Waals surface area contributed by atoms with Crippen LogP contribution in [0, 0.1) is 17.0 Å². The third-order valence-electron chi connectivity index (χ3n) is 3.68. The molecule has 2 rings (SSSR count). The van der Waals surface area contributed by atoms with Gasteiger partial charge in [-0.15, -0.1) is 0 Å². The summed E-state index contributed by atoms with van der Waals surface area (Å²) < 4.78 is 27.4. The van der Waals surface area contributed by atoms with E-state index in [1.165, 1.54) is 25.1 Å². The molecule has 2 N–H and O–H groups in total. The van der Waals surface area contributed by atoms with E-state index in [2.05, 4.69) is 4.72 Å². The van der Waals surface area contributed by atoms with Crippen LogP contribution in [0.15, 0.2) is 23.1 Å². The summed E-state index contributed by atoms with van der Waals surface area (Å²) in [6.07, 6.45) is 1.73. The first kappa shape index (κ1) is 15.9. The molecular formula is C13H18N2O5S. The number of aliphatic hydroxyl groups excluding tert-OH is 1. The predicted octanol–water partition coefficient (Wildman–Crippen LogP) is 1.49. The quantitative estimate of drug-likeness (QED) is 0.646. The third-order valence-corrected chi connectivity index (χ3v) is 5.39. The van der Waals surface area contributed by atoms with Crippen LogP contribution in [-0.4, -0.2) is 30.6 Å². The fraction of sp³-hybridized carbons (Fsp3) is 0.538. The second-order valence-electron chi connectivity index (χ2n) is 5.31. The normalized spacial score (nSPS) is 23.0. The molecule has 1 fully saturated rings. The summed E-state index contributed by atoms with van der Waals surface area (Å²) in [7, 11) is -3.96. The molecule has 0 amide bonds. The van der Waals surface area contributed by atoms with Crippen molar-refractivity contribution in [3.8, 4) is 0 Å². The van der Waals surface area contributed by atoms with Gasteiger partial charge in [0.05, 0.1) is 11.0 Å². The zero-order valence-electron chi connectivity index (χ0n) is 11.7. The van der Waals surface area contributed by atoms with Crippen molar-refractivity contribution in [2.45, 2.75) is 49.6 Å². The van der Waals surface area contributed by atoms with E-state index >= 15 is 0 Å². The summed E-state index contributed by atoms with van der Waals surface area (Å²) in [5.41, 5.74) is -0.0779. The van der Waals surface area contributed by atoms with Gasteiger partial charge in [-0.3, -0.25) is 10.1 Å². The van der Waals surface area contributed by atoms with Gasteiger partial charge in [0.1, 0.15) is 0 Å². The lowest BCUT2D eigenvalue weighted by Crippen LogP contribution is -2.39. The van der Waals surface area contributed by atoms with Crippen molar-refractivity contribution in [2.24, 2.45) is 0 Å². The van der Waals surface area contributed by atoms with Crippen molar-refractivity contribution in [2.75, 3.05) is 0 Å². The van der Waals surface area contributed by atoms with Gasteiger partial charge >= 0.3 is 0 Å². The van der Waals surface area contributed by atoms with Gasteiger partial charge in [-0.25, -0.2) is 13.1 Å². The summed E-state index contributed by atoms with van der Waals surface area (Å²) in [6, 6.07) is 3.89. The molecule has 0 bridgehead atoms. The molecule has 21 heavy (non-hydrogen) atoms. The fourth-order valence-electron chi connectivity index (χ4n) is 2.60. The van der Waals surface area contributed by atoms with Crippen LogP contribution in [0.3, 0.4) is 0 Å². The SMILES string of the molecule is Cc1cccc([N+](=O)[O-])c1S(=O)(=O)NC1CCC(O)CC1. The van der Waals surface area contributed by atoms with E-state index in [1.807, 2.05) is 0 Å². The number of nitrogens with one attached hydrogen (secondary N) is 1. The van der Waals surface area contributed by atoms with Crippen LogP contribution >= 0.6 is 0 Å². The van der Waals surface area contributed by atoms with E-state index in [0.29, 0.717) is 31.2 Å². The Morgan fingerprint density at radius 3 is 2.48 bits per heavy atom. The van der Waals surface area contributed by atoms with E-state index in [-0.39, 0.29) is 10.9 Å². The van der Waals surface area contributed by atoms with E-state index in [9.17, 15) is 23.6 Å². The van der Waals surface area contributed by atoms with Crippen molar-refractivity contribution in [3.63, 3.8) is 0 Å². The first-order chi connectivity index (χ1) is 9.81. The maximum atomic E-state index is 12.4. The van der Waals surface area contributed by atoms with Crippen molar-refractivity contribution < 1.29 is 18.4 Å². The number of aliphatic hydroxyl groups is 1. The molecular weight excluding hydrogens is 296 g/mol. The van der Waals surface area contributed by atoms with Crippen LogP contribution in [0.25, 0.3) is 0 Å². The Kier molecular flexibility index (Phi) is 4.60. The lowest BCUT2D eigenvalue weighted by molar-refractivity contribution is -0.387. The maximum Gasteiger partial charge on any atom is 0.289 e. The van der Waals surface area contributed by atoms with Gasteiger partial charge in [-0.05, 0) is 38.2 Å². The minimum atomic E-state index is -3.96. The average Bonchev–Trinajstić information content (AvgIpc) is 2.40. The Bertz CT molecular complexity index is 636. The highest BCUT2D eigenvalue weighted by Gasteiger charge is 2.31. The molecule has 0 unspecified atom stereocenters. The number of rotatable bonds is 4. The third kappa shape index (κ3) is 3.58. The monoisotopic (exact) mass is 314 g/mol. The Morgan fingerprint density at radius 2 is 1.90 bits per heavy atom. The van der Waals surface area contributed by atoms with Crippen LogP contribution in [0.1, 0.15) is 31.2 Å². The number of hydrogen-bond donors (Lipinski definition) is 2. The molecule has 0 atom stereocenters. The molecule has 0 radical (unpaired) electrons. The molecule has 1 aliphatic rings. The molecule has 1 aliphatic carbocycles. The van der Waals surface area contributed by atoms with Crippen molar-refractivity contribution in [3.05, 3.63) is 33.9 Å². The highest BCUT2D eigenvalue weighted by Crippen LogP contribution is 2.28. The smallest absolute Gasteiger partial charge is 0.289 e. The first-order valence-electron chi connectivity index (χ1n) is 6.75. The van der Waals surface area contributed by atoms with Crippen molar-refractivity contribution in [1.29, 1.82) is 0 Å². The van der Waals surface area contributed by atoms with E-state index in [0.717, 1.165) is 0 Å². The van der Waals surface area contributed by atoms with Crippen molar-refractivity contribution >= 4 is 15.7 Å². The minimum absolute atomic E-state index is 0.277. The summed E-state index contributed by atoms with van der Waals surface area (Å²) in [5.74, 6) is 0. The second kappa shape index (κ2) is 6.08. The van der Waals surface area contributed by atoms with Gasteiger partial charge in [0, 0.05) is 12.1 Å². The zero-order valence-corrected chi connectivity index (χ0v) is 12.5. The Labute approximate surface area is 123 Å². The van der Waals surface area contributed by atoms with E-state index in [1.54, 1.807) is 0 Å². The van der Waals surface area contributed by atoms with Gasteiger partial charge in [-0.2, -0.15) is 0 Å². The highest BCUT2D eigenvalue weighted by atomic mass is 32.2. The second-order valence-corrected chi connectivity index (χ2v) is 6.96. The standard InChI is InChI=1S/C13H18N2O5S/c1-9-3-2-4-12(15(17)18)13(9)21(19,20)14-10-5-7-11(16)8-6-10/h2-4,10-11,14,16H,5-8H2,1H3. The summed E-state index contributed by atoms with van der Waals surface area (Å²) in [4.78, 5) is 10.1. The molecule has 0 saturated heterocycles. The van der Waals surface area contributed by atoms with Crippen LogP contribution in [0.4, 0.5) is 5.69 Å². The van der Waals surface area contributed by atoms with E-state index < -0.39 is 26.7 Å². The van der Waals surface area contributed by atoms with Crippen LogP contribution < -0.4 is 4.72 Å². The first-order valence-corrected chi connectivity index (χ1v) is 8.24. The molecule has 7 nitrogen and oxygen atoms in total. The molecule has 1 aromatic carbocycles. The molecule has 1 saturated carbocycles. The lowest BCUT2D eigenvalue weighted by Gasteiger charge is -2.26. The maximum absolute atomic E-state index is 12.4. The highest BCUT2D eigenvalue weighted by molar-refractivity contribution is 7.89. The van der Waals surface area contributed by atoms with Crippen LogP contribution in [0.5, 0.6) is 0 Å². The van der Waals surface area contributed by atoms with Crippen LogP contribution in [0.2, 0.25) is 0 Å². The summed E-state index contributed by atoms with van der Waals surface area (Å²) in [5, 5.41) is 20.5. The number of hydrogen-bond acceptors (Lipinski definition) is 5. The largest absolute Gasteiger partial charge is 0.393 e. The van der Waals surface area contributed by atoms with E-state index in [4.69, 9.17) is 0 Å². The van der Waals surface area contributed by atoms with Crippen LogP contribution in [-0.2, 0) is 10.0 Å². The Hall–Kier alpha value is -1.51. The minimum Gasteiger partial charge on any atom is -0.393 e. The molecule has 0 aliphatic heterocycles. The van der Waals surface area contributed by atoms with Gasteiger partial charge in [0.15, 0.2) is 4.90 Å².